The molecule has 1 atom stereocenters. The number of methoxy groups -OCH3 is 2. The number of rotatable bonds is 10. The minimum atomic E-state index is -4.26. The summed E-state index contributed by atoms with van der Waals surface area (Å²) in [6.07, 6.45) is 1.20. The Morgan fingerprint density at radius 1 is 1.12 bits per heavy atom. The summed E-state index contributed by atoms with van der Waals surface area (Å²) < 4.78 is 47.8. The number of amides is 1. The van der Waals surface area contributed by atoms with Crippen LogP contribution in [0.1, 0.15) is 53.1 Å². The smallest absolute Gasteiger partial charge is 0.326 e. The average molecular weight is 639 g/mol. The van der Waals surface area contributed by atoms with Crippen LogP contribution in [0.2, 0.25) is 5.02 Å². The van der Waals surface area contributed by atoms with Crippen molar-refractivity contribution < 1.29 is 36.8 Å². The molecular formula is C25H27ClN6O8S2. The van der Waals surface area contributed by atoms with Crippen LogP contribution in [0.15, 0.2) is 28.7 Å². The first-order valence-electron chi connectivity index (χ1n) is 12.8. The van der Waals surface area contributed by atoms with Gasteiger partial charge in [-0.15, -0.1) is 26.3 Å². The minimum Gasteiger partial charge on any atom is -0.467 e. The molecular weight excluding hydrogens is 612 g/mol. The van der Waals surface area contributed by atoms with E-state index < -0.39 is 22.0 Å². The van der Waals surface area contributed by atoms with Crippen LogP contribution in [0.4, 0.5) is 0 Å². The lowest BCUT2D eigenvalue weighted by molar-refractivity contribution is -0.134. The Balaban J connectivity index is 1.15. The van der Waals surface area contributed by atoms with Crippen molar-refractivity contribution in [1.29, 1.82) is 0 Å². The Kier molecular flexibility index (Phi) is 9.05. The molecule has 17 heteroatoms. The van der Waals surface area contributed by atoms with Crippen molar-refractivity contribution in [3.63, 3.8) is 0 Å². The Morgan fingerprint density at radius 3 is 2.48 bits per heavy atom. The molecule has 0 aliphatic carbocycles. The van der Waals surface area contributed by atoms with Gasteiger partial charge >= 0.3 is 18.0 Å². The van der Waals surface area contributed by atoms with Gasteiger partial charge in [0.25, 0.3) is 16.0 Å². The van der Waals surface area contributed by atoms with Crippen LogP contribution in [-0.2, 0) is 25.5 Å². The molecule has 0 saturated carbocycles. The molecule has 1 amide bonds. The van der Waals surface area contributed by atoms with Gasteiger partial charge in [-0.1, -0.05) is 28.9 Å². The zero-order valence-corrected chi connectivity index (χ0v) is 25.0. The van der Waals surface area contributed by atoms with Crippen molar-refractivity contribution >= 4 is 44.7 Å². The molecule has 4 heterocycles. The van der Waals surface area contributed by atoms with Crippen LogP contribution >= 0.6 is 22.9 Å². The van der Waals surface area contributed by atoms with E-state index in [2.05, 4.69) is 20.1 Å². The molecule has 1 fully saturated rings. The molecule has 2 aliphatic heterocycles. The highest BCUT2D eigenvalue weighted by atomic mass is 35.5. The molecule has 5 rings (SSSR count). The number of piperidine rings is 1. The standard InChI is InChI=1S/C25H27ClN6O8S2/c1-37-23-28-24(38-2)30-25(29-23)39-11-20(33)32-8-6-14(7-9-32)22-27-18(12-41-22)17-10-19(40-31-17)21-15(13-42(34,35)36)4-3-5-16(21)26/h3-5,12,14,19H,6-11,13H2,1-2H3,(H,34,35,36). The predicted molar refractivity (Wildman–Crippen MR) is 151 cm³/mol. The second-order valence-electron chi connectivity index (χ2n) is 9.48. The van der Waals surface area contributed by atoms with E-state index in [1.165, 1.54) is 25.6 Å². The molecule has 2 aliphatic rings. The number of carbonyl (C=O) groups is 1. The van der Waals surface area contributed by atoms with Gasteiger partial charge in [0.05, 0.1) is 24.9 Å². The summed E-state index contributed by atoms with van der Waals surface area (Å²) in [7, 11) is -1.46. The van der Waals surface area contributed by atoms with Gasteiger partial charge in [-0.05, 0) is 24.5 Å². The van der Waals surface area contributed by atoms with E-state index in [9.17, 15) is 17.8 Å². The minimum absolute atomic E-state index is 0.0179. The fourth-order valence-electron chi connectivity index (χ4n) is 4.72. The zero-order valence-electron chi connectivity index (χ0n) is 22.6. The number of hydrogen-bond donors (Lipinski definition) is 1. The summed E-state index contributed by atoms with van der Waals surface area (Å²) in [6, 6.07) is 4.81. The summed E-state index contributed by atoms with van der Waals surface area (Å²) in [5.41, 5.74) is 2.12. The number of benzene rings is 1. The van der Waals surface area contributed by atoms with Gasteiger partial charge in [0.2, 0.25) is 0 Å². The number of likely N-dealkylation sites (tertiary alicyclic amines) is 1. The third-order valence-electron chi connectivity index (χ3n) is 6.75. The number of nitrogens with zero attached hydrogens (tertiary/aromatic N) is 6. The van der Waals surface area contributed by atoms with E-state index in [1.807, 2.05) is 5.38 Å². The van der Waals surface area contributed by atoms with Crippen molar-refractivity contribution in [2.24, 2.45) is 5.16 Å². The third-order valence-corrected chi connectivity index (χ3v) is 8.76. The monoisotopic (exact) mass is 638 g/mol. The van der Waals surface area contributed by atoms with E-state index >= 15 is 0 Å². The second-order valence-corrected chi connectivity index (χ2v) is 12.2. The number of halogens is 1. The fraction of sp³-hybridized carbons (Fsp3) is 0.440. The first-order chi connectivity index (χ1) is 20.1. The van der Waals surface area contributed by atoms with E-state index in [0.717, 1.165) is 17.8 Å². The van der Waals surface area contributed by atoms with Gasteiger partial charge in [-0.2, -0.15) is 8.42 Å². The quantitative estimate of drug-likeness (QED) is 0.322. The van der Waals surface area contributed by atoms with Crippen LogP contribution < -0.4 is 14.2 Å². The molecule has 1 aromatic carbocycles. The van der Waals surface area contributed by atoms with E-state index in [1.54, 1.807) is 23.1 Å². The van der Waals surface area contributed by atoms with Crippen molar-refractivity contribution in [1.82, 2.24) is 24.8 Å². The summed E-state index contributed by atoms with van der Waals surface area (Å²) in [5, 5.41) is 7.38. The van der Waals surface area contributed by atoms with E-state index in [4.69, 9.17) is 35.6 Å². The highest BCUT2D eigenvalue weighted by Crippen LogP contribution is 2.38. The lowest BCUT2D eigenvalue weighted by atomic mass is 9.97. The van der Waals surface area contributed by atoms with Gasteiger partial charge in [-0.3, -0.25) is 9.35 Å². The summed E-state index contributed by atoms with van der Waals surface area (Å²) in [5.74, 6) is -0.592. The van der Waals surface area contributed by atoms with Gasteiger partial charge in [-0.25, -0.2) is 4.98 Å². The Bertz CT molecular complexity index is 1570. The first kappa shape index (κ1) is 29.9. The summed E-state index contributed by atoms with van der Waals surface area (Å²) in [4.78, 5) is 36.7. The highest BCUT2D eigenvalue weighted by molar-refractivity contribution is 7.85. The van der Waals surface area contributed by atoms with Crippen molar-refractivity contribution in [3.8, 4) is 18.0 Å². The number of aromatic nitrogens is 4. The molecule has 42 heavy (non-hydrogen) atoms. The number of oxime groups is 1. The van der Waals surface area contributed by atoms with Crippen molar-refractivity contribution in [2.75, 3.05) is 33.9 Å². The first-order valence-corrected chi connectivity index (χ1v) is 15.7. The molecule has 3 aromatic rings. The molecule has 1 unspecified atom stereocenters. The lowest BCUT2D eigenvalue weighted by Gasteiger charge is -2.31. The maximum atomic E-state index is 12.7. The molecule has 0 radical (unpaired) electrons. The molecule has 224 valence electrons. The van der Waals surface area contributed by atoms with Gasteiger partial charge in [0, 0.05) is 41.4 Å². The SMILES string of the molecule is COc1nc(OC)nc(OCC(=O)N2CCC(c3nc(C4=NOC(c5c(Cl)cccc5CS(=O)(=O)O)C4)cs3)CC2)n1. The third kappa shape index (κ3) is 7.06. The number of hydrogen-bond acceptors (Lipinski definition) is 13. The Hall–Kier alpha value is -3.60. The van der Waals surface area contributed by atoms with E-state index in [0.29, 0.717) is 47.1 Å². The van der Waals surface area contributed by atoms with Crippen LogP contribution in [0.5, 0.6) is 18.0 Å². The molecule has 1 saturated heterocycles. The zero-order chi connectivity index (χ0) is 29.9. The topological polar surface area (TPSA) is 176 Å². The van der Waals surface area contributed by atoms with Crippen LogP contribution in [0.25, 0.3) is 0 Å². The van der Waals surface area contributed by atoms with E-state index in [-0.39, 0.29) is 36.5 Å². The maximum Gasteiger partial charge on any atom is 0.326 e. The fourth-order valence-corrected chi connectivity index (χ4v) is 6.68. The molecule has 2 aromatic heterocycles. The summed E-state index contributed by atoms with van der Waals surface area (Å²) >= 11 is 7.89. The van der Waals surface area contributed by atoms with Crippen LogP contribution in [-0.4, -0.2) is 83.3 Å². The number of thiazole rings is 1. The molecule has 14 nitrogen and oxygen atoms in total. The second kappa shape index (κ2) is 12.7. The molecule has 1 N–H and O–H groups in total. The normalized spacial score (nSPS) is 17.5. The number of carbonyl (C=O) groups excluding carboxylic acids is 1. The van der Waals surface area contributed by atoms with Crippen molar-refractivity contribution in [3.05, 3.63) is 50.4 Å². The highest BCUT2D eigenvalue weighted by Gasteiger charge is 2.31. The molecule has 0 spiro atoms. The van der Waals surface area contributed by atoms with Crippen molar-refractivity contribution in [2.45, 2.75) is 37.0 Å². The lowest BCUT2D eigenvalue weighted by Crippen LogP contribution is -2.40. The van der Waals surface area contributed by atoms with Crippen LogP contribution in [0, 0.1) is 0 Å². The van der Waals surface area contributed by atoms with Gasteiger partial charge in [0.15, 0.2) is 12.7 Å². The summed E-state index contributed by atoms with van der Waals surface area (Å²) in [6.45, 7) is 0.850. The van der Waals surface area contributed by atoms with Gasteiger partial charge in [0.1, 0.15) is 11.5 Å². The average Bonchev–Trinajstić information content (AvgIpc) is 3.65. The molecule has 0 bridgehead atoms. The predicted octanol–water partition coefficient (Wildman–Crippen LogP) is 3.04. The Morgan fingerprint density at radius 2 is 1.81 bits per heavy atom. The maximum absolute atomic E-state index is 12.7. The Labute approximate surface area is 250 Å². The number of ether oxygens (including phenoxy) is 3. The van der Waals surface area contributed by atoms with Gasteiger partial charge < -0.3 is 23.9 Å². The largest absolute Gasteiger partial charge is 0.467 e. The van der Waals surface area contributed by atoms with Crippen LogP contribution in [0.3, 0.4) is 0 Å².